The summed E-state index contributed by atoms with van der Waals surface area (Å²) in [7, 11) is 1.52. The molecule has 0 aliphatic heterocycles. The first-order valence-electron chi connectivity index (χ1n) is 5.26. The minimum atomic E-state index is -1.05. The fourth-order valence-corrected chi connectivity index (χ4v) is 1.50. The van der Waals surface area contributed by atoms with Crippen molar-refractivity contribution in [2.24, 2.45) is 0 Å². The summed E-state index contributed by atoms with van der Waals surface area (Å²) in [5.41, 5.74) is 1.83. The molecule has 1 amide bonds. The van der Waals surface area contributed by atoms with E-state index in [1.165, 1.54) is 7.11 Å². The zero-order valence-electron chi connectivity index (χ0n) is 9.64. The molecular formula is C11H16N2O4. The van der Waals surface area contributed by atoms with E-state index in [-0.39, 0.29) is 6.61 Å². The molecule has 1 heterocycles. The zero-order valence-corrected chi connectivity index (χ0v) is 9.64. The molecule has 1 aromatic rings. The van der Waals surface area contributed by atoms with Crippen molar-refractivity contribution in [3.8, 4) is 5.88 Å². The van der Waals surface area contributed by atoms with Crippen LogP contribution in [0, 0.1) is 0 Å². The van der Waals surface area contributed by atoms with Gasteiger partial charge in [-0.05, 0) is 24.0 Å². The number of carbonyl (C=O) groups is 1. The second-order valence-corrected chi connectivity index (χ2v) is 3.45. The van der Waals surface area contributed by atoms with Crippen LogP contribution in [-0.2, 0) is 12.8 Å². The molecule has 0 spiro atoms. The lowest BCUT2D eigenvalue weighted by atomic mass is 10.0. The number of hydrogen-bond donors (Lipinski definition) is 3. The van der Waals surface area contributed by atoms with Crippen molar-refractivity contribution in [1.82, 2.24) is 10.3 Å². The molecule has 1 aromatic heterocycles. The molecule has 0 aromatic carbocycles. The van der Waals surface area contributed by atoms with Gasteiger partial charge in [0.15, 0.2) is 0 Å². The summed E-state index contributed by atoms with van der Waals surface area (Å²) in [6.45, 7) is 0.355. The van der Waals surface area contributed by atoms with Gasteiger partial charge in [0.05, 0.1) is 7.11 Å². The van der Waals surface area contributed by atoms with Gasteiger partial charge in [0.1, 0.15) is 0 Å². The van der Waals surface area contributed by atoms with Crippen LogP contribution in [0.1, 0.15) is 11.1 Å². The van der Waals surface area contributed by atoms with E-state index in [9.17, 15) is 4.79 Å². The van der Waals surface area contributed by atoms with Gasteiger partial charge in [-0.25, -0.2) is 9.78 Å². The molecule has 6 heteroatoms. The number of carboxylic acid groups (broad SMARTS) is 1. The molecule has 0 aliphatic carbocycles. The topological polar surface area (TPSA) is 91.7 Å². The molecule has 0 unspecified atom stereocenters. The van der Waals surface area contributed by atoms with Crippen molar-refractivity contribution in [2.45, 2.75) is 12.8 Å². The first-order valence-corrected chi connectivity index (χ1v) is 5.26. The maximum atomic E-state index is 10.3. The van der Waals surface area contributed by atoms with Crippen LogP contribution in [0.3, 0.4) is 0 Å². The molecule has 0 saturated carbocycles. The molecule has 3 N–H and O–H groups in total. The highest BCUT2D eigenvalue weighted by Crippen LogP contribution is 2.15. The molecule has 0 aliphatic rings. The maximum Gasteiger partial charge on any atom is 0.404 e. The lowest BCUT2D eigenvalue weighted by Crippen LogP contribution is -2.23. The Morgan fingerprint density at radius 2 is 2.24 bits per heavy atom. The number of amides is 1. The third-order valence-electron chi connectivity index (χ3n) is 2.32. The van der Waals surface area contributed by atoms with Crippen LogP contribution >= 0.6 is 0 Å². The predicted molar refractivity (Wildman–Crippen MR) is 61.3 cm³/mol. The number of rotatable bonds is 6. The molecule has 17 heavy (non-hydrogen) atoms. The van der Waals surface area contributed by atoms with Gasteiger partial charge < -0.3 is 20.3 Å². The van der Waals surface area contributed by atoms with E-state index in [0.29, 0.717) is 25.3 Å². The Labute approximate surface area is 99.3 Å². The fourth-order valence-electron chi connectivity index (χ4n) is 1.50. The van der Waals surface area contributed by atoms with E-state index in [0.717, 1.165) is 11.1 Å². The highest BCUT2D eigenvalue weighted by atomic mass is 16.5. The fraction of sp³-hybridized carbons (Fsp3) is 0.455. The van der Waals surface area contributed by atoms with Crippen LogP contribution in [0.25, 0.3) is 0 Å². The van der Waals surface area contributed by atoms with Crippen molar-refractivity contribution in [1.29, 1.82) is 0 Å². The largest absolute Gasteiger partial charge is 0.481 e. The number of hydrogen-bond acceptors (Lipinski definition) is 4. The monoisotopic (exact) mass is 240 g/mol. The first kappa shape index (κ1) is 13.2. The molecule has 0 radical (unpaired) electrons. The Morgan fingerprint density at radius 3 is 2.82 bits per heavy atom. The van der Waals surface area contributed by atoms with Gasteiger partial charge in [0.25, 0.3) is 0 Å². The van der Waals surface area contributed by atoms with Gasteiger partial charge in [0.2, 0.25) is 5.88 Å². The van der Waals surface area contributed by atoms with Crippen LogP contribution < -0.4 is 10.1 Å². The summed E-state index contributed by atoms with van der Waals surface area (Å²) in [6.07, 6.45) is 1.64. The lowest BCUT2D eigenvalue weighted by Gasteiger charge is -2.09. The average Bonchev–Trinajstić information content (AvgIpc) is 2.31. The van der Waals surface area contributed by atoms with E-state index in [2.05, 4.69) is 10.3 Å². The van der Waals surface area contributed by atoms with E-state index in [1.807, 2.05) is 0 Å². The van der Waals surface area contributed by atoms with Gasteiger partial charge in [0, 0.05) is 25.4 Å². The van der Waals surface area contributed by atoms with E-state index in [4.69, 9.17) is 14.9 Å². The summed E-state index contributed by atoms with van der Waals surface area (Å²) in [4.78, 5) is 14.4. The number of ether oxygens (including phenoxy) is 1. The van der Waals surface area contributed by atoms with Crippen LogP contribution in [0.2, 0.25) is 0 Å². The summed E-state index contributed by atoms with van der Waals surface area (Å²) in [5, 5.41) is 19.7. The van der Waals surface area contributed by atoms with Crippen LogP contribution in [0.15, 0.2) is 12.3 Å². The van der Waals surface area contributed by atoms with Gasteiger partial charge in [-0.15, -0.1) is 0 Å². The number of nitrogens with zero attached hydrogens (tertiary/aromatic N) is 1. The Balaban J connectivity index is 2.71. The van der Waals surface area contributed by atoms with Gasteiger partial charge in [-0.1, -0.05) is 0 Å². The normalized spacial score (nSPS) is 10.0. The minimum absolute atomic E-state index is 0.0343. The summed E-state index contributed by atoms with van der Waals surface area (Å²) in [6, 6.07) is 1.76. The van der Waals surface area contributed by atoms with E-state index >= 15 is 0 Å². The molecule has 0 saturated heterocycles. The van der Waals surface area contributed by atoms with Gasteiger partial charge in [-0.3, -0.25) is 0 Å². The summed E-state index contributed by atoms with van der Waals surface area (Å²) >= 11 is 0. The zero-order chi connectivity index (χ0) is 12.7. The van der Waals surface area contributed by atoms with Crippen LogP contribution in [0.4, 0.5) is 4.79 Å². The van der Waals surface area contributed by atoms with Crippen molar-refractivity contribution in [3.63, 3.8) is 0 Å². The van der Waals surface area contributed by atoms with Crippen LogP contribution in [0.5, 0.6) is 5.88 Å². The average molecular weight is 240 g/mol. The SMILES string of the molecule is COc1cc(CCO)c(CCNC(=O)O)cn1. The summed E-state index contributed by atoms with van der Waals surface area (Å²) in [5.74, 6) is 0.489. The number of aliphatic hydroxyl groups is 1. The van der Waals surface area contributed by atoms with Crippen molar-refractivity contribution >= 4 is 6.09 Å². The number of aliphatic hydroxyl groups excluding tert-OH is 1. The van der Waals surface area contributed by atoms with Crippen molar-refractivity contribution < 1.29 is 19.7 Å². The highest BCUT2D eigenvalue weighted by molar-refractivity contribution is 5.64. The Morgan fingerprint density at radius 1 is 1.47 bits per heavy atom. The van der Waals surface area contributed by atoms with Crippen LogP contribution in [-0.4, -0.2) is 41.6 Å². The Bertz CT molecular complexity index is 382. The standard InChI is InChI=1S/C11H16N2O4/c1-17-10-6-8(3-5-14)9(7-13-10)2-4-12-11(15)16/h6-7,12,14H,2-5H2,1H3,(H,15,16). The van der Waals surface area contributed by atoms with Gasteiger partial charge >= 0.3 is 6.09 Å². The first-order chi connectivity index (χ1) is 8.17. The van der Waals surface area contributed by atoms with E-state index < -0.39 is 6.09 Å². The number of nitrogens with one attached hydrogen (secondary N) is 1. The number of pyridine rings is 1. The lowest BCUT2D eigenvalue weighted by molar-refractivity contribution is 0.194. The second kappa shape index (κ2) is 6.70. The molecule has 0 atom stereocenters. The Kier molecular flexibility index (Phi) is 5.22. The minimum Gasteiger partial charge on any atom is -0.481 e. The van der Waals surface area contributed by atoms with Gasteiger partial charge in [-0.2, -0.15) is 0 Å². The van der Waals surface area contributed by atoms with Crippen molar-refractivity contribution in [3.05, 3.63) is 23.4 Å². The molecule has 6 nitrogen and oxygen atoms in total. The number of aromatic nitrogens is 1. The third-order valence-corrected chi connectivity index (χ3v) is 2.32. The van der Waals surface area contributed by atoms with Crippen molar-refractivity contribution in [2.75, 3.05) is 20.3 Å². The molecular weight excluding hydrogens is 224 g/mol. The van der Waals surface area contributed by atoms with E-state index in [1.54, 1.807) is 12.3 Å². The maximum absolute atomic E-state index is 10.3. The molecule has 94 valence electrons. The quantitative estimate of drug-likeness (QED) is 0.671. The molecule has 0 bridgehead atoms. The molecule has 0 fully saturated rings. The predicted octanol–water partition coefficient (Wildman–Crippen LogP) is 0.435. The molecule has 1 rings (SSSR count). The highest BCUT2D eigenvalue weighted by Gasteiger charge is 2.06. The third kappa shape index (κ3) is 4.28. The second-order valence-electron chi connectivity index (χ2n) is 3.45. The Hall–Kier alpha value is -1.82. The summed E-state index contributed by atoms with van der Waals surface area (Å²) < 4.78 is 5.00. The smallest absolute Gasteiger partial charge is 0.404 e. The number of methoxy groups -OCH3 is 1.